The van der Waals surface area contributed by atoms with Gasteiger partial charge in [0.05, 0.1) is 37.0 Å². The van der Waals surface area contributed by atoms with E-state index in [1.165, 1.54) is 0 Å². The quantitative estimate of drug-likeness (QED) is 0.377. The highest BCUT2D eigenvalue weighted by atomic mass is 16.5. The van der Waals surface area contributed by atoms with Gasteiger partial charge in [0, 0.05) is 17.5 Å². The fraction of sp³-hybridized carbons (Fsp3) is 0.292. The lowest BCUT2D eigenvalue weighted by Crippen LogP contribution is -2.33. The predicted octanol–water partition coefficient (Wildman–Crippen LogP) is 4.00. The molecule has 2 heterocycles. The molecule has 0 saturated heterocycles. The van der Waals surface area contributed by atoms with E-state index < -0.39 is 0 Å². The molecule has 164 valence electrons. The van der Waals surface area contributed by atoms with Crippen LogP contribution in [0.15, 0.2) is 36.4 Å². The number of carbonyl (C=O) groups excluding carboxylic acids is 1. The SMILES string of the molecule is COc1cc2c(cc1OC)-c1n[nH]c(C(=O)NC(c3nc4ccccc4[nH]3)C(C)C)c1C2. The van der Waals surface area contributed by atoms with Gasteiger partial charge in [-0.05, 0) is 35.7 Å². The number of imidazole rings is 1. The molecule has 0 spiro atoms. The predicted molar refractivity (Wildman–Crippen MR) is 121 cm³/mol. The number of aromatic nitrogens is 4. The molecule has 8 nitrogen and oxygen atoms in total. The molecule has 5 rings (SSSR count). The number of rotatable bonds is 6. The van der Waals surface area contributed by atoms with Crippen molar-refractivity contribution in [1.82, 2.24) is 25.5 Å². The van der Waals surface area contributed by atoms with E-state index in [-0.39, 0.29) is 17.9 Å². The number of carbonyl (C=O) groups is 1. The van der Waals surface area contributed by atoms with Crippen LogP contribution in [-0.4, -0.2) is 40.3 Å². The van der Waals surface area contributed by atoms with E-state index >= 15 is 0 Å². The Kier molecular flexibility index (Phi) is 4.84. The summed E-state index contributed by atoms with van der Waals surface area (Å²) < 4.78 is 10.9. The summed E-state index contributed by atoms with van der Waals surface area (Å²) in [6, 6.07) is 11.4. The van der Waals surface area contributed by atoms with Crippen molar-refractivity contribution in [1.29, 1.82) is 0 Å². The lowest BCUT2D eigenvalue weighted by atomic mass is 10.0. The highest BCUT2D eigenvalue weighted by Crippen LogP contribution is 2.42. The van der Waals surface area contributed by atoms with Gasteiger partial charge in [-0.2, -0.15) is 5.10 Å². The molecular weight excluding hydrogens is 406 g/mol. The zero-order valence-electron chi connectivity index (χ0n) is 18.4. The number of amides is 1. The van der Waals surface area contributed by atoms with Crippen molar-refractivity contribution < 1.29 is 14.3 Å². The molecule has 1 aliphatic carbocycles. The van der Waals surface area contributed by atoms with E-state index in [9.17, 15) is 4.79 Å². The van der Waals surface area contributed by atoms with E-state index in [0.29, 0.717) is 23.6 Å². The van der Waals surface area contributed by atoms with Gasteiger partial charge < -0.3 is 19.8 Å². The Balaban J connectivity index is 1.45. The monoisotopic (exact) mass is 431 g/mol. The summed E-state index contributed by atoms with van der Waals surface area (Å²) in [5.41, 5.74) is 5.95. The fourth-order valence-corrected chi connectivity index (χ4v) is 4.31. The Bertz CT molecular complexity index is 1290. The standard InChI is InChI=1S/C24H25N5O3/c1-12(2)20(23-25-16-7-5-6-8-17(16)26-23)27-24(30)22-15-9-13-10-18(31-3)19(32-4)11-14(13)21(15)28-29-22/h5-8,10-12,20H,9H2,1-4H3,(H,25,26)(H,27,30)(H,28,29). The second-order valence-corrected chi connectivity index (χ2v) is 8.30. The zero-order valence-corrected chi connectivity index (χ0v) is 18.4. The van der Waals surface area contributed by atoms with Gasteiger partial charge in [-0.3, -0.25) is 9.89 Å². The molecule has 1 unspecified atom stereocenters. The van der Waals surface area contributed by atoms with Crippen LogP contribution in [0.25, 0.3) is 22.3 Å². The molecule has 4 aromatic rings. The highest BCUT2D eigenvalue weighted by molar-refractivity contribution is 5.97. The molecule has 2 aromatic heterocycles. The van der Waals surface area contributed by atoms with Crippen LogP contribution >= 0.6 is 0 Å². The largest absolute Gasteiger partial charge is 0.493 e. The Morgan fingerprint density at radius 1 is 1.12 bits per heavy atom. The fourth-order valence-electron chi connectivity index (χ4n) is 4.31. The molecular formula is C24H25N5O3. The number of hydrogen-bond donors (Lipinski definition) is 3. The number of nitrogens with one attached hydrogen (secondary N) is 3. The van der Waals surface area contributed by atoms with Gasteiger partial charge in [-0.25, -0.2) is 4.98 Å². The van der Waals surface area contributed by atoms with Gasteiger partial charge in [0.1, 0.15) is 11.5 Å². The zero-order chi connectivity index (χ0) is 22.4. The molecule has 0 fully saturated rings. The topological polar surface area (TPSA) is 105 Å². The van der Waals surface area contributed by atoms with Gasteiger partial charge >= 0.3 is 0 Å². The van der Waals surface area contributed by atoms with Crippen molar-refractivity contribution in [3.8, 4) is 22.8 Å². The molecule has 1 aliphatic rings. The molecule has 32 heavy (non-hydrogen) atoms. The van der Waals surface area contributed by atoms with Crippen LogP contribution in [0.2, 0.25) is 0 Å². The van der Waals surface area contributed by atoms with Crippen molar-refractivity contribution in [2.45, 2.75) is 26.3 Å². The minimum atomic E-state index is -0.266. The van der Waals surface area contributed by atoms with E-state index in [4.69, 9.17) is 9.47 Å². The minimum absolute atomic E-state index is 0.140. The van der Waals surface area contributed by atoms with Gasteiger partial charge in [0.15, 0.2) is 11.5 Å². The van der Waals surface area contributed by atoms with Crippen molar-refractivity contribution in [2.24, 2.45) is 5.92 Å². The summed E-state index contributed by atoms with van der Waals surface area (Å²) in [4.78, 5) is 21.3. The molecule has 0 aliphatic heterocycles. The summed E-state index contributed by atoms with van der Waals surface area (Å²) in [7, 11) is 3.22. The maximum atomic E-state index is 13.3. The Labute approximate surface area is 185 Å². The summed E-state index contributed by atoms with van der Waals surface area (Å²) in [6.07, 6.45) is 0.598. The first-order valence-corrected chi connectivity index (χ1v) is 10.6. The maximum absolute atomic E-state index is 13.3. The summed E-state index contributed by atoms with van der Waals surface area (Å²) >= 11 is 0. The normalized spacial score (nSPS) is 13.2. The number of nitrogens with zero attached hydrogens (tertiary/aromatic N) is 2. The third-order valence-corrected chi connectivity index (χ3v) is 5.98. The van der Waals surface area contributed by atoms with Crippen LogP contribution in [-0.2, 0) is 6.42 Å². The highest BCUT2D eigenvalue weighted by Gasteiger charge is 2.31. The third-order valence-electron chi connectivity index (χ3n) is 5.98. The number of benzene rings is 2. The van der Waals surface area contributed by atoms with Gasteiger partial charge in [-0.15, -0.1) is 0 Å². The summed E-state index contributed by atoms with van der Waals surface area (Å²) in [5.74, 6) is 1.98. The minimum Gasteiger partial charge on any atom is -0.493 e. The van der Waals surface area contributed by atoms with Gasteiger partial charge in [0.2, 0.25) is 0 Å². The molecule has 0 saturated carbocycles. The Morgan fingerprint density at radius 3 is 2.59 bits per heavy atom. The van der Waals surface area contributed by atoms with Crippen LogP contribution < -0.4 is 14.8 Å². The Morgan fingerprint density at radius 2 is 1.88 bits per heavy atom. The lowest BCUT2D eigenvalue weighted by Gasteiger charge is -2.20. The molecule has 0 bridgehead atoms. The van der Waals surface area contributed by atoms with Crippen LogP contribution in [0.5, 0.6) is 11.5 Å². The molecule has 8 heteroatoms. The first-order valence-electron chi connectivity index (χ1n) is 10.6. The molecule has 3 N–H and O–H groups in total. The number of H-pyrrole nitrogens is 2. The van der Waals surface area contributed by atoms with Crippen LogP contribution in [0.1, 0.15) is 47.3 Å². The first kappa shape index (κ1) is 20.1. The molecule has 0 radical (unpaired) electrons. The number of ether oxygens (including phenoxy) is 2. The number of para-hydroxylation sites is 2. The lowest BCUT2D eigenvalue weighted by molar-refractivity contribution is 0.0917. The third kappa shape index (κ3) is 3.19. The van der Waals surface area contributed by atoms with Gasteiger partial charge in [0.25, 0.3) is 5.91 Å². The molecule has 1 atom stereocenters. The van der Waals surface area contributed by atoms with Crippen LogP contribution in [0, 0.1) is 5.92 Å². The van der Waals surface area contributed by atoms with Gasteiger partial charge in [-0.1, -0.05) is 26.0 Å². The molecule has 2 aromatic carbocycles. The first-order chi connectivity index (χ1) is 15.5. The van der Waals surface area contributed by atoms with Crippen molar-refractivity contribution in [2.75, 3.05) is 14.2 Å². The summed E-state index contributed by atoms with van der Waals surface area (Å²) in [5, 5.41) is 10.5. The number of fused-ring (bicyclic) bond motifs is 4. The van der Waals surface area contributed by atoms with E-state index in [1.54, 1.807) is 14.2 Å². The average Bonchev–Trinajstić information content (AvgIpc) is 3.48. The maximum Gasteiger partial charge on any atom is 0.270 e. The average molecular weight is 431 g/mol. The smallest absolute Gasteiger partial charge is 0.270 e. The van der Waals surface area contributed by atoms with E-state index in [2.05, 4.69) is 39.3 Å². The number of aromatic amines is 2. The van der Waals surface area contributed by atoms with E-state index in [0.717, 1.165) is 39.2 Å². The van der Waals surface area contributed by atoms with E-state index in [1.807, 2.05) is 36.4 Å². The van der Waals surface area contributed by atoms with Crippen molar-refractivity contribution in [3.63, 3.8) is 0 Å². The van der Waals surface area contributed by atoms with Crippen molar-refractivity contribution in [3.05, 3.63) is 59.0 Å². The second kappa shape index (κ2) is 7.71. The summed E-state index contributed by atoms with van der Waals surface area (Å²) in [6.45, 7) is 4.12. The Hall–Kier alpha value is -3.81. The number of methoxy groups -OCH3 is 2. The van der Waals surface area contributed by atoms with Crippen LogP contribution in [0.3, 0.4) is 0 Å². The second-order valence-electron chi connectivity index (χ2n) is 8.30. The molecule has 1 amide bonds. The number of hydrogen-bond acceptors (Lipinski definition) is 5. The van der Waals surface area contributed by atoms with Crippen LogP contribution in [0.4, 0.5) is 0 Å². The van der Waals surface area contributed by atoms with Crippen molar-refractivity contribution >= 4 is 16.9 Å².